The molecule has 32 heavy (non-hydrogen) atoms. The molecular weight excluding hydrogens is 413 g/mol. The molecule has 0 unspecified atom stereocenters. The van der Waals surface area contributed by atoms with Gasteiger partial charge < -0.3 is 9.64 Å². The van der Waals surface area contributed by atoms with Gasteiger partial charge in [0.05, 0.1) is 0 Å². The molecule has 8 heteroatoms. The zero-order valence-corrected chi connectivity index (χ0v) is 17.2. The zero-order chi connectivity index (χ0) is 22.7. The Labute approximate surface area is 184 Å². The lowest BCUT2D eigenvalue weighted by Crippen LogP contribution is -2.29. The van der Waals surface area contributed by atoms with Gasteiger partial charge in [0.15, 0.2) is 0 Å². The summed E-state index contributed by atoms with van der Waals surface area (Å²) in [5.74, 6) is 0.198. The van der Waals surface area contributed by atoms with Crippen molar-refractivity contribution in [1.29, 1.82) is 0 Å². The van der Waals surface area contributed by atoms with Crippen molar-refractivity contribution in [2.75, 3.05) is 18.5 Å². The normalized spacial score (nSPS) is 13.1. The molecule has 0 bridgehead atoms. The zero-order valence-electron chi connectivity index (χ0n) is 17.2. The lowest BCUT2D eigenvalue weighted by molar-refractivity contribution is -0.117. The van der Waals surface area contributed by atoms with Gasteiger partial charge in [0.25, 0.3) is 5.91 Å². The van der Waals surface area contributed by atoms with Crippen LogP contribution in [0.15, 0.2) is 72.8 Å². The number of hydrogen-bond acceptors (Lipinski definition) is 4. The van der Waals surface area contributed by atoms with Crippen LogP contribution < -0.4 is 15.0 Å². The number of nitrogens with one attached hydrogen (secondary N) is 1. The summed E-state index contributed by atoms with van der Waals surface area (Å²) in [5, 5.41) is 2.22. The predicted molar refractivity (Wildman–Crippen MR) is 116 cm³/mol. The summed E-state index contributed by atoms with van der Waals surface area (Å²) in [6.45, 7) is 0.293. The quantitative estimate of drug-likeness (QED) is 0.597. The monoisotopic (exact) mass is 433 g/mol. The number of imide groups is 1. The molecule has 0 aliphatic carbocycles. The van der Waals surface area contributed by atoms with E-state index in [2.05, 4.69) is 5.32 Å². The van der Waals surface area contributed by atoms with E-state index in [0.717, 1.165) is 5.56 Å². The molecule has 0 atom stereocenters. The average Bonchev–Trinajstić information content (AvgIpc) is 3.14. The van der Waals surface area contributed by atoms with Crippen LogP contribution in [0.3, 0.4) is 0 Å². The number of ether oxygens (including phenoxy) is 1. The number of hydrogen-bond donors (Lipinski definition) is 1. The first kappa shape index (κ1) is 21.0. The van der Waals surface area contributed by atoms with Crippen molar-refractivity contribution in [3.63, 3.8) is 0 Å². The van der Waals surface area contributed by atoms with E-state index in [-0.39, 0.29) is 24.2 Å². The molecule has 1 aliphatic rings. The molecule has 0 aromatic heterocycles. The van der Waals surface area contributed by atoms with Crippen LogP contribution in [0.4, 0.5) is 14.9 Å². The fraction of sp³-hybridized carbons (Fsp3) is 0.125. The van der Waals surface area contributed by atoms with Crippen LogP contribution in [-0.2, 0) is 11.3 Å². The fourth-order valence-corrected chi connectivity index (χ4v) is 3.32. The largest absolute Gasteiger partial charge is 0.457 e. The number of nitrogens with zero attached hydrogens (tertiary/aromatic N) is 2. The standard InChI is InChI=1S/C24H20FN3O4/c1-27(14-16-5-9-20(10-6-16)32-21-11-7-18(25)8-12-21)23(30)17-3-2-4-19(13-17)28-15-22(29)26-24(28)31/h2-13H,14-15H2,1H3,(H,26,29,31). The first-order chi connectivity index (χ1) is 15.4. The predicted octanol–water partition coefficient (Wildman–Crippen LogP) is 3.95. The number of amides is 4. The lowest BCUT2D eigenvalue weighted by atomic mass is 10.1. The van der Waals surface area contributed by atoms with Gasteiger partial charge in [-0.2, -0.15) is 0 Å². The summed E-state index contributed by atoms with van der Waals surface area (Å²) >= 11 is 0. The molecule has 1 fully saturated rings. The third kappa shape index (κ3) is 4.75. The van der Waals surface area contributed by atoms with Gasteiger partial charge in [-0.25, -0.2) is 9.18 Å². The molecule has 4 amide bonds. The van der Waals surface area contributed by atoms with Crippen molar-refractivity contribution in [3.05, 3.63) is 89.7 Å². The van der Waals surface area contributed by atoms with E-state index in [9.17, 15) is 18.8 Å². The topological polar surface area (TPSA) is 79.0 Å². The van der Waals surface area contributed by atoms with Crippen LogP contribution in [0.1, 0.15) is 15.9 Å². The van der Waals surface area contributed by atoms with Crippen molar-refractivity contribution in [3.8, 4) is 11.5 Å². The highest BCUT2D eigenvalue weighted by Crippen LogP contribution is 2.23. The maximum Gasteiger partial charge on any atom is 0.329 e. The molecule has 3 aromatic rings. The molecule has 1 heterocycles. The van der Waals surface area contributed by atoms with Crippen LogP contribution in [-0.4, -0.2) is 36.3 Å². The number of benzene rings is 3. The van der Waals surface area contributed by atoms with Crippen molar-refractivity contribution >= 4 is 23.5 Å². The minimum absolute atomic E-state index is 0.0708. The van der Waals surface area contributed by atoms with E-state index < -0.39 is 6.03 Å². The maximum atomic E-state index is 13.0. The van der Waals surface area contributed by atoms with Gasteiger partial charge in [0, 0.05) is 24.8 Å². The second-order valence-corrected chi connectivity index (χ2v) is 7.35. The summed E-state index contributed by atoms with van der Waals surface area (Å²) < 4.78 is 18.7. The average molecular weight is 433 g/mol. The van der Waals surface area contributed by atoms with Crippen LogP contribution >= 0.6 is 0 Å². The van der Waals surface area contributed by atoms with Crippen LogP contribution in [0.2, 0.25) is 0 Å². The molecule has 7 nitrogen and oxygen atoms in total. The molecule has 1 aliphatic heterocycles. The van der Waals surface area contributed by atoms with Crippen molar-refractivity contribution < 1.29 is 23.5 Å². The minimum atomic E-state index is -0.504. The molecule has 162 valence electrons. The Bertz CT molecular complexity index is 1160. The third-order valence-electron chi connectivity index (χ3n) is 4.94. The number of halogens is 1. The Kier molecular flexibility index (Phi) is 5.85. The maximum absolute atomic E-state index is 13.0. The Hall–Kier alpha value is -4.20. The highest BCUT2D eigenvalue weighted by Gasteiger charge is 2.28. The molecule has 4 rings (SSSR count). The highest BCUT2D eigenvalue weighted by molar-refractivity contribution is 6.12. The number of anilines is 1. The van der Waals surface area contributed by atoms with Crippen molar-refractivity contribution in [2.24, 2.45) is 0 Å². The van der Waals surface area contributed by atoms with Gasteiger partial charge in [-0.05, 0) is 60.2 Å². The van der Waals surface area contributed by atoms with Gasteiger partial charge in [-0.1, -0.05) is 18.2 Å². The molecular formula is C24H20FN3O4. The summed E-state index contributed by atoms with van der Waals surface area (Å²) in [5.41, 5.74) is 1.79. The van der Waals surface area contributed by atoms with Gasteiger partial charge in [0.1, 0.15) is 23.9 Å². The SMILES string of the molecule is CN(Cc1ccc(Oc2ccc(F)cc2)cc1)C(=O)c1cccc(N2CC(=O)NC2=O)c1. The minimum Gasteiger partial charge on any atom is -0.457 e. The van der Waals surface area contributed by atoms with E-state index >= 15 is 0 Å². The smallest absolute Gasteiger partial charge is 0.329 e. The Balaban J connectivity index is 1.40. The lowest BCUT2D eigenvalue weighted by Gasteiger charge is -2.19. The number of rotatable bonds is 6. The van der Waals surface area contributed by atoms with Gasteiger partial charge in [-0.15, -0.1) is 0 Å². The third-order valence-corrected chi connectivity index (χ3v) is 4.94. The van der Waals surface area contributed by atoms with E-state index in [1.54, 1.807) is 60.5 Å². The Morgan fingerprint density at radius 2 is 1.69 bits per heavy atom. The van der Waals surface area contributed by atoms with E-state index in [1.807, 2.05) is 12.1 Å². The Morgan fingerprint density at radius 3 is 2.31 bits per heavy atom. The molecule has 0 saturated carbocycles. The second kappa shape index (κ2) is 8.89. The number of carbonyl (C=O) groups is 3. The molecule has 0 spiro atoms. The summed E-state index contributed by atoms with van der Waals surface area (Å²) in [4.78, 5) is 39.0. The van der Waals surface area contributed by atoms with Gasteiger partial charge >= 0.3 is 6.03 Å². The number of urea groups is 1. The number of carbonyl (C=O) groups excluding carboxylic acids is 3. The molecule has 1 saturated heterocycles. The van der Waals surface area contributed by atoms with Gasteiger partial charge in [0.2, 0.25) is 5.91 Å². The molecule has 3 aromatic carbocycles. The van der Waals surface area contributed by atoms with Crippen molar-refractivity contribution in [1.82, 2.24) is 10.2 Å². The van der Waals surface area contributed by atoms with Crippen LogP contribution in [0.25, 0.3) is 0 Å². The van der Waals surface area contributed by atoms with E-state index in [0.29, 0.717) is 29.3 Å². The molecule has 1 N–H and O–H groups in total. The van der Waals surface area contributed by atoms with Crippen molar-refractivity contribution in [2.45, 2.75) is 6.54 Å². The Morgan fingerprint density at radius 1 is 1.03 bits per heavy atom. The first-order valence-electron chi connectivity index (χ1n) is 9.88. The van der Waals surface area contributed by atoms with Crippen LogP contribution in [0.5, 0.6) is 11.5 Å². The van der Waals surface area contributed by atoms with E-state index in [4.69, 9.17) is 4.74 Å². The second-order valence-electron chi connectivity index (χ2n) is 7.35. The van der Waals surface area contributed by atoms with E-state index in [1.165, 1.54) is 17.0 Å². The first-order valence-corrected chi connectivity index (χ1v) is 9.88. The van der Waals surface area contributed by atoms with Gasteiger partial charge in [-0.3, -0.25) is 19.8 Å². The fourth-order valence-electron chi connectivity index (χ4n) is 3.32. The molecule has 0 radical (unpaired) electrons. The summed E-state index contributed by atoms with van der Waals surface area (Å²) in [7, 11) is 1.68. The van der Waals surface area contributed by atoms with Crippen LogP contribution in [0, 0.1) is 5.82 Å². The summed E-state index contributed by atoms with van der Waals surface area (Å²) in [6.07, 6.45) is 0. The highest BCUT2D eigenvalue weighted by atomic mass is 19.1. The summed E-state index contributed by atoms with van der Waals surface area (Å²) in [6, 6.07) is 19.1.